The molecule has 0 aromatic carbocycles. The normalized spacial score (nSPS) is 13.2. The van der Waals surface area contributed by atoms with Gasteiger partial charge in [-0.05, 0) is 128 Å². The Morgan fingerprint density at radius 3 is 0.904 bits per heavy atom. The number of allylic oxidation sites excluding steroid dienone is 24. The number of ether oxygens (including phenoxy) is 3. The molecule has 0 saturated carbocycles. The van der Waals surface area contributed by atoms with Crippen LogP contribution in [-0.2, 0) is 28.6 Å². The minimum Gasteiger partial charge on any atom is -0.462 e. The Bertz CT molecular complexity index is 1630. The smallest absolute Gasteiger partial charge is 0.306 e. The van der Waals surface area contributed by atoms with Gasteiger partial charge in [-0.25, -0.2) is 0 Å². The first-order chi connectivity index (χ1) is 36.0. The molecule has 0 saturated heterocycles. The van der Waals surface area contributed by atoms with Crippen LogP contribution in [-0.4, -0.2) is 37.2 Å². The highest BCUT2D eigenvalue weighted by Gasteiger charge is 2.19. The Balaban J connectivity index is 4.37. The topological polar surface area (TPSA) is 78.9 Å². The minimum absolute atomic E-state index is 0.119. The summed E-state index contributed by atoms with van der Waals surface area (Å²) in [6.07, 6.45) is 85.7. The maximum atomic E-state index is 12.8. The number of rotatable bonds is 51. The van der Waals surface area contributed by atoms with Crippen LogP contribution in [0.2, 0.25) is 0 Å². The quantitative estimate of drug-likeness (QED) is 0.0261. The van der Waals surface area contributed by atoms with Crippen molar-refractivity contribution < 1.29 is 28.6 Å². The van der Waals surface area contributed by atoms with E-state index < -0.39 is 12.1 Å². The van der Waals surface area contributed by atoms with Gasteiger partial charge in [-0.15, -0.1) is 0 Å². The van der Waals surface area contributed by atoms with Crippen LogP contribution in [0.1, 0.15) is 239 Å². The van der Waals surface area contributed by atoms with Gasteiger partial charge in [0.05, 0.1) is 0 Å². The zero-order chi connectivity index (χ0) is 52.9. The summed E-state index contributed by atoms with van der Waals surface area (Å²) in [7, 11) is 0. The Labute approximate surface area is 448 Å². The van der Waals surface area contributed by atoms with E-state index in [1.165, 1.54) is 64.2 Å². The number of hydrogen-bond acceptors (Lipinski definition) is 6. The molecular formula is C67H106O6. The van der Waals surface area contributed by atoms with Crippen molar-refractivity contribution in [2.45, 2.75) is 245 Å². The van der Waals surface area contributed by atoms with Crippen molar-refractivity contribution in [1.29, 1.82) is 0 Å². The van der Waals surface area contributed by atoms with Gasteiger partial charge in [-0.1, -0.05) is 237 Å². The van der Waals surface area contributed by atoms with E-state index in [1.807, 2.05) is 12.2 Å². The minimum atomic E-state index is -0.830. The van der Waals surface area contributed by atoms with Crippen LogP contribution in [0.3, 0.4) is 0 Å². The molecule has 0 aliphatic carbocycles. The fourth-order valence-electron chi connectivity index (χ4n) is 7.49. The van der Waals surface area contributed by atoms with Crippen molar-refractivity contribution in [3.8, 4) is 0 Å². The lowest BCUT2D eigenvalue weighted by molar-refractivity contribution is -0.166. The van der Waals surface area contributed by atoms with Gasteiger partial charge < -0.3 is 14.2 Å². The molecule has 0 fully saturated rings. The maximum absolute atomic E-state index is 12.8. The van der Waals surface area contributed by atoms with Gasteiger partial charge in [0.15, 0.2) is 6.10 Å². The number of unbranched alkanes of at least 4 members (excludes halogenated alkanes) is 16. The van der Waals surface area contributed by atoms with Crippen LogP contribution in [0.4, 0.5) is 0 Å². The van der Waals surface area contributed by atoms with Crippen molar-refractivity contribution >= 4 is 17.9 Å². The Morgan fingerprint density at radius 2 is 0.562 bits per heavy atom. The monoisotopic (exact) mass is 1010 g/mol. The summed E-state index contributed by atoms with van der Waals surface area (Å²) in [6.45, 7) is 6.30. The summed E-state index contributed by atoms with van der Waals surface area (Å²) in [4.78, 5) is 38.1. The van der Waals surface area contributed by atoms with E-state index in [2.05, 4.69) is 154 Å². The fourth-order valence-corrected chi connectivity index (χ4v) is 7.49. The molecule has 1 atom stereocenters. The van der Waals surface area contributed by atoms with Crippen molar-refractivity contribution in [1.82, 2.24) is 0 Å². The third-order valence-electron chi connectivity index (χ3n) is 11.8. The third kappa shape index (κ3) is 58.1. The lowest BCUT2D eigenvalue weighted by Gasteiger charge is -2.18. The molecule has 0 amide bonds. The van der Waals surface area contributed by atoms with Gasteiger partial charge in [0, 0.05) is 19.3 Å². The van der Waals surface area contributed by atoms with Crippen LogP contribution in [0, 0.1) is 0 Å². The molecule has 0 bridgehead atoms. The van der Waals surface area contributed by atoms with Crippen molar-refractivity contribution in [2.24, 2.45) is 0 Å². The summed E-state index contributed by atoms with van der Waals surface area (Å²) in [6, 6.07) is 0. The second-order valence-corrected chi connectivity index (χ2v) is 18.8. The van der Waals surface area contributed by atoms with E-state index >= 15 is 0 Å². The average Bonchev–Trinajstić information content (AvgIpc) is 3.39. The highest BCUT2D eigenvalue weighted by atomic mass is 16.6. The second kappa shape index (κ2) is 59.8. The van der Waals surface area contributed by atoms with Crippen LogP contribution in [0.5, 0.6) is 0 Å². The Morgan fingerprint density at radius 1 is 0.288 bits per heavy atom. The van der Waals surface area contributed by atoms with Crippen LogP contribution in [0.25, 0.3) is 0 Å². The second-order valence-electron chi connectivity index (χ2n) is 18.8. The molecular weight excluding hydrogens is 901 g/mol. The van der Waals surface area contributed by atoms with Gasteiger partial charge in [0.2, 0.25) is 0 Å². The maximum Gasteiger partial charge on any atom is 0.306 e. The first kappa shape index (κ1) is 68.3. The summed E-state index contributed by atoms with van der Waals surface area (Å²) in [5, 5.41) is 0. The molecule has 73 heavy (non-hydrogen) atoms. The van der Waals surface area contributed by atoms with Gasteiger partial charge >= 0.3 is 17.9 Å². The van der Waals surface area contributed by atoms with E-state index in [0.29, 0.717) is 19.3 Å². The van der Waals surface area contributed by atoms with Gasteiger partial charge in [0.25, 0.3) is 0 Å². The lowest BCUT2D eigenvalue weighted by atomic mass is 10.1. The molecule has 0 aliphatic rings. The largest absolute Gasteiger partial charge is 0.462 e. The first-order valence-corrected chi connectivity index (χ1v) is 29.3. The molecule has 0 heterocycles. The van der Waals surface area contributed by atoms with E-state index in [4.69, 9.17) is 14.2 Å². The Hall–Kier alpha value is -4.71. The number of carbonyl (C=O) groups is 3. The van der Waals surface area contributed by atoms with Gasteiger partial charge in [0.1, 0.15) is 13.2 Å². The van der Waals surface area contributed by atoms with Crippen molar-refractivity contribution in [2.75, 3.05) is 13.2 Å². The fraction of sp³-hybridized carbons (Fsp3) is 0.597. The van der Waals surface area contributed by atoms with E-state index in [1.54, 1.807) is 0 Å². The summed E-state index contributed by atoms with van der Waals surface area (Å²) in [5.41, 5.74) is 0. The number of esters is 3. The molecule has 0 aliphatic heterocycles. The highest BCUT2D eigenvalue weighted by Crippen LogP contribution is 2.13. The van der Waals surface area contributed by atoms with Crippen LogP contribution >= 0.6 is 0 Å². The molecule has 410 valence electrons. The Kier molecular flexibility index (Phi) is 56.0. The summed E-state index contributed by atoms with van der Waals surface area (Å²) in [5.74, 6) is -1.03. The van der Waals surface area contributed by atoms with Crippen LogP contribution < -0.4 is 0 Å². The van der Waals surface area contributed by atoms with E-state index in [0.717, 1.165) is 128 Å². The lowest BCUT2D eigenvalue weighted by Crippen LogP contribution is -2.30. The van der Waals surface area contributed by atoms with E-state index in [9.17, 15) is 14.4 Å². The molecule has 0 aromatic heterocycles. The zero-order valence-electron chi connectivity index (χ0n) is 46.8. The predicted octanol–water partition coefficient (Wildman–Crippen LogP) is 20.0. The SMILES string of the molecule is CC/C=C\C/C=C\C/C=C\C/C=C\C/C=C\C/C=C\C/C=C\CCCCCCCCCC(=O)OCC(COC(=O)CCCCCCC/C=C\CCCCCC)OC(=O)CC/C=C\C/C=C\C/C=C\C/C=C\CC. The number of hydrogen-bond donors (Lipinski definition) is 0. The summed E-state index contributed by atoms with van der Waals surface area (Å²) < 4.78 is 16.7. The third-order valence-corrected chi connectivity index (χ3v) is 11.8. The van der Waals surface area contributed by atoms with Gasteiger partial charge in [-0.2, -0.15) is 0 Å². The first-order valence-electron chi connectivity index (χ1n) is 29.3. The molecule has 0 aromatic rings. The number of carbonyl (C=O) groups excluding carboxylic acids is 3. The zero-order valence-corrected chi connectivity index (χ0v) is 46.8. The predicted molar refractivity (Wildman–Crippen MR) is 315 cm³/mol. The molecule has 6 nitrogen and oxygen atoms in total. The summed E-state index contributed by atoms with van der Waals surface area (Å²) >= 11 is 0. The van der Waals surface area contributed by atoms with Crippen molar-refractivity contribution in [3.05, 3.63) is 146 Å². The molecule has 0 spiro atoms. The molecule has 1 unspecified atom stereocenters. The molecule has 0 rings (SSSR count). The van der Waals surface area contributed by atoms with Crippen LogP contribution in [0.15, 0.2) is 146 Å². The van der Waals surface area contributed by atoms with E-state index in [-0.39, 0.29) is 31.6 Å². The van der Waals surface area contributed by atoms with Crippen molar-refractivity contribution in [3.63, 3.8) is 0 Å². The molecule has 0 N–H and O–H groups in total. The molecule has 0 radical (unpaired) electrons. The van der Waals surface area contributed by atoms with Gasteiger partial charge in [-0.3, -0.25) is 14.4 Å². The average molecular weight is 1010 g/mol. The standard InChI is InChI=1S/C67H106O6/c1-4-7-10-13-16-19-22-25-26-27-28-29-30-31-32-33-34-35-36-37-38-39-40-43-45-48-51-54-57-60-66(69)72-63-64(73-67(70)61-58-55-52-49-46-42-24-21-18-15-12-9-6-3)62-71-65(68)59-56-53-50-47-44-41-23-20-17-14-11-8-5-2/h7,9-10,12,16,18-21,23,25-26,28-29,31-32,34-35,37-38,42,46,52,55,64H,4-6,8,11,13-15,17,22,24,27,30,33,36,39-41,43-45,47-51,53-54,56-63H2,1-3H3/b10-7-,12-9-,19-16-,21-18-,23-20-,26-25-,29-28-,32-31-,35-34-,38-37-,46-42-,55-52-. The molecule has 6 heteroatoms. The highest BCUT2D eigenvalue weighted by molar-refractivity contribution is 5.71.